The Kier molecular flexibility index (Phi) is 19.4. The van der Waals surface area contributed by atoms with Crippen molar-refractivity contribution in [1.82, 2.24) is 5.32 Å². The number of methoxy groups -OCH3 is 2. The highest BCUT2D eigenvalue weighted by Gasteiger charge is 2.61. The van der Waals surface area contributed by atoms with Crippen molar-refractivity contribution in [3.8, 4) is 0 Å². The van der Waals surface area contributed by atoms with Gasteiger partial charge in [0.25, 0.3) is 0 Å². The predicted molar refractivity (Wildman–Crippen MR) is 215 cm³/mol. The van der Waals surface area contributed by atoms with E-state index in [4.69, 9.17) is 33.5 Å². The SMILES string of the molecule is C/C=C/C=C/C1OC(O)(C(COC2CC(OC)OC(C)C2O)C(=O)NC/C=C/C=C(\C)C(OC)C(C)C2CC(O)C(/C=C/C=C/C=C/C(=O)O)O2)C(O)C(O)C1(C)C. The van der Waals surface area contributed by atoms with Crippen LogP contribution >= 0.6 is 0 Å². The molecule has 326 valence electrons. The summed E-state index contributed by atoms with van der Waals surface area (Å²) >= 11 is 0. The minimum absolute atomic E-state index is 0.00628. The minimum atomic E-state index is -2.60. The van der Waals surface area contributed by atoms with E-state index in [9.17, 15) is 35.1 Å². The largest absolute Gasteiger partial charge is 0.478 e. The van der Waals surface area contributed by atoms with Crippen LogP contribution in [0.2, 0.25) is 0 Å². The lowest BCUT2D eigenvalue weighted by Crippen LogP contribution is -2.70. The fourth-order valence-electron chi connectivity index (χ4n) is 7.35. The molecule has 15 nitrogen and oxygen atoms in total. The predicted octanol–water partition coefficient (Wildman–Crippen LogP) is 2.64. The molecule has 14 atom stereocenters. The number of hydrogen-bond donors (Lipinski definition) is 7. The Morgan fingerprint density at radius 3 is 2.29 bits per heavy atom. The molecule has 0 saturated carbocycles. The van der Waals surface area contributed by atoms with E-state index in [1.54, 1.807) is 88.6 Å². The normalized spacial score (nSPS) is 35.2. The number of nitrogens with one attached hydrogen (secondary N) is 1. The molecule has 0 radical (unpaired) electrons. The lowest BCUT2D eigenvalue weighted by molar-refractivity contribution is -0.364. The van der Waals surface area contributed by atoms with Crippen molar-refractivity contribution in [2.24, 2.45) is 17.3 Å². The van der Waals surface area contributed by atoms with Gasteiger partial charge in [0.15, 0.2) is 6.29 Å². The molecule has 14 unspecified atom stereocenters. The number of hydrogen-bond acceptors (Lipinski definition) is 13. The quantitative estimate of drug-likeness (QED) is 0.0736. The van der Waals surface area contributed by atoms with Gasteiger partial charge in [-0.1, -0.05) is 93.7 Å². The number of carbonyl (C=O) groups excluding carboxylic acids is 1. The average molecular weight is 820 g/mol. The molecule has 0 aromatic heterocycles. The van der Waals surface area contributed by atoms with E-state index in [0.29, 0.717) is 6.42 Å². The Balaban J connectivity index is 1.74. The van der Waals surface area contributed by atoms with Gasteiger partial charge in [-0.15, -0.1) is 0 Å². The number of amides is 1. The van der Waals surface area contributed by atoms with Crippen LogP contribution in [0.1, 0.15) is 54.4 Å². The van der Waals surface area contributed by atoms with Gasteiger partial charge < -0.3 is 64.4 Å². The smallest absolute Gasteiger partial charge is 0.328 e. The maximum absolute atomic E-state index is 13.9. The molecule has 0 aromatic rings. The molecule has 3 saturated heterocycles. The Labute approximate surface area is 342 Å². The third kappa shape index (κ3) is 12.8. The van der Waals surface area contributed by atoms with E-state index in [0.717, 1.165) is 11.6 Å². The standard InChI is InChI=1S/C43H65NO14/c1-9-10-13-20-34-42(5,6)39(49)40(50)43(52,58-34)29(25-55-33-24-36(53-7)56-28(4)37(33)48)41(51)44-22-17-16-18-26(2)38(54-8)27(3)32-23-30(45)31(57-32)19-14-11-12-15-21-35(46)47/h9-21,27-34,36-40,45,48-50,52H,22-25H2,1-8H3,(H,44,51)(H,46,47)/b10-9+,12-11+,17-16+,19-14+,20-13+,21-15+,26-18+. The Hall–Kier alpha value is -3.32. The summed E-state index contributed by atoms with van der Waals surface area (Å²) < 4.78 is 35.1. The van der Waals surface area contributed by atoms with Crippen molar-refractivity contribution < 1.29 is 68.6 Å². The van der Waals surface area contributed by atoms with Crippen LogP contribution in [0.3, 0.4) is 0 Å². The third-order valence-electron chi connectivity index (χ3n) is 11.0. The summed E-state index contributed by atoms with van der Waals surface area (Å²) in [6, 6.07) is 0. The highest BCUT2D eigenvalue weighted by atomic mass is 16.7. The molecule has 3 fully saturated rings. The van der Waals surface area contributed by atoms with Crippen LogP contribution in [0.5, 0.6) is 0 Å². The molecule has 1 amide bonds. The van der Waals surface area contributed by atoms with E-state index >= 15 is 0 Å². The first-order valence-electron chi connectivity index (χ1n) is 19.7. The molecule has 3 rings (SSSR count). The average Bonchev–Trinajstić information content (AvgIpc) is 3.55. The second-order valence-electron chi connectivity index (χ2n) is 15.6. The molecular formula is C43H65NO14. The summed E-state index contributed by atoms with van der Waals surface area (Å²) in [5.41, 5.74) is -0.202. The molecule has 0 spiro atoms. The minimum Gasteiger partial charge on any atom is -0.478 e. The molecule has 3 aliphatic heterocycles. The van der Waals surface area contributed by atoms with Crippen LogP contribution in [-0.2, 0) is 38.0 Å². The summed E-state index contributed by atoms with van der Waals surface area (Å²) in [7, 11) is 3.05. The molecule has 15 heteroatoms. The van der Waals surface area contributed by atoms with Crippen molar-refractivity contribution >= 4 is 11.9 Å². The number of rotatable bonds is 19. The number of aliphatic hydroxyl groups is 5. The number of carboxylic acids is 1. The van der Waals surface area contributed by atoms with Crippen LogP contribution in [0.4, 0.5) is 0 Å². The second kappa shape index (κ2) is 22.9. The Morgan fingerprint density at radius 1 is 0.948 bits per heavy atom. The van der Waals surface area contributed by atoms with Gasteiger partial charge >= 0.3 is 5.97 Å². The van der Waals surface area contributed by atoms with Crippen LogP contribution in [0.25, 0.3) is 0 Å². The highest BCUT2D eigenvalue weighted by Crippen LogP contribution is 2.44. The van der Waals surface area contributed by atoms with Gasteiger partial charge in [-0.05, 0) is 26.3 Å². The van der Waals surface area contributed by atoms with Crippen molar-refractivity contribution in [2.75, 3.05) is 27.4 Å². The molecule has 3 heterocycles. The number of allylic oxidation sites excluding steroid dienone is 9. The zero-order valence-electron chi connectivity index (χ0n) is 34.8. The maximum Gasteiger partial charge on any atom is 0.328 e. The van der Waals surface area contributed by atoms with E-state index in [1.807, 2.05) is 26.8 Å². The number of carboxylic acid groups (broad SMARTS) is 1. The summed E-state index contributed by atoms with van der Waals surface area (Å²) in [6.45, 7) is 10.2. The molecule has 3 aliphatic rings. The summed E-state index contributed by atoms with van der Waals surface area (Å²) in [6.07, 6.45) is 12.1. The molecule has 0 aromatic carbocycles. The Morgan fingerprint density at radius 2 is 1.64 bits per heavy atom. The molecule has 58 heavy (non-hydrogen) atoms. The number of ether oxygens (including phenoxy) is 6. The van der Waals surface area contributed by atoms with Crippen LogP contribution in [0, 0.1) is 17.3 Å². The monoisotopic (exact) mass is 819 g/mol. The van der Waals surface area contributed by atoms with Crippen molar-refractivity contribution in [3.63, 3.8) is 0 Å². The Bertz CT molecular complexity index is 1540. The third-order valence-corrected chi connectivity index (χ3v) is 11.0. The van der Waals surface area contributed by atoms with Gasteiger partial charge in [0.2, 0.25) is 11.7 Å². The van der Waals surface area contributed by atoms with E-state index < -0.39 is 90.7 Å². The summed E-state index contributed by atoms with van der Waals surface area (Å²) in [5.74, 6) is -6.09. The van der Waals surface area contributed by atoms with Gasteiger partial charge in [-0.25, -0.2) is 4.79 Å². The lowest BCUT2D eigenvalue weighted by Gasteiger charge is -2.53. The van der Waals surface area contributed by atoms with Gasteiger partial charge in [-0.2, -0.15) is 0 Å². The van der Waals surface area contributed by atoms with E-state index in [2.05, 4.69) is 5.32 Å². The topological polar surface area (TPSA) is 223 Å². The number of aliphatic carboxylic acids is 1. The first-order chi connectivity index (χ1) is 27.4. The van der Waals surface area contributed by atoms with Gasteiger partial charge in [0.05, 0.1) is 49.3 Å². The van der Waals surface area contributed by atoms with Crippen molar-refractivity contribution in [3.05, 3.63) is 84.6 Å². The van der Waals surface area contributed by atoms with Gasteiger partial charge in [-0.3, -0.25) is 4.79 Å². The van der Waals surface area contributed by atoms with Gasteiger partial charge in [0, 0.05) is 51.0 Å². The summed E-state index contributed by atoms with van der Waals surface area (Å²) in [4.78, 5) is 24.5. The van der Waals surface area contributed by atoms with E-state index in [-0.39, 0.29) is 31.1 Å². The molecule has 7 N–H and O–H groups in total. The first kappa shape index (κ1) is 49.0. The fourth-order valence-corrected chi connectivity index (χ4v) is 7.35. The zero-order chi connectivity index (χ0) is 43.2. The molecular weight excluding hydrogens is 754 g/mol. The van der Waals surface area contributed by atoms with Crippen LogP contribution in [-0.4, -0.2) is 143 Å². The number of aliphatic hydroxyl groups excluding tert-OH is 4. The van der Waals surface area contributed by atoms with Crippen molar-refractivity contribution in [2.45, 2.75) is 128 Å². The van der Waals surface area contributed by atoms with E-state index in [1.165, 1.54) is 13.2 Å². The molecule has 0 bridgehead atoms. The summed E-state index contributed by atoms with van der Waals surface area (Å²) in [5, 5.41) is 67.6. The molecule has 0 aliphatic carbocycles. The van der Waals surface area contributed by atoms with Crippen LogP contribution < -0.4 is 5.32 Å². The van der Waals surface area contributed by atoms with Crippen LogP contribution in [0.15, 0.2) is 84.6 Å². The number of carbonyl (C=O) groups is 2. The lowest BCUT2D eigenvalue weighted by atomic mass is 9.71. The second-order valence-corrected chi connectivity index (χ2v) is 15.6. The fraction of sp³-hybridized carbons (Fsp3) is 0.628. The zero-order valence-corrected chi connectivity index (χ0v) is 34.8. The maximum atomic E-state index is 13.9. The van der Waals surface area contributed by atoms with Crippen molar-refractivity contribution in [1.29, 1.82) is 0 Å². The van der Waals surface area contributed by atoms with Gasteiger partial charge in [0.1, 0.15) is 24.2 Å². The first-order valence-corrected chi connectivity index (χ1v) is 19.7. The highest BCUT2D eigenvalue weighted by molar-refractivity contribution is 5.80.